The predicted octanol–water partition coefficient (Wildman–Crippen LogP) is 1.40. The summed E-state index contributed by atoms with van der Waals surface area (Å²) in [6, 6.07) is 0. The van der Waals surface area contributed by atoms with Crippen LogP contribution in [0.15, 0.2) is 0 Å². The lowest BCUT2D eigenvalue weighted by molar-refractivity contribution is -0.136. The Morgan fingerprint density at radius 2 is 1.95 bits per heavy atom. The zero-order valence-electron chi connectivity index (χ0n) is 12.8. The molecule has 2 aliphatic rings. The molecule has 2 fully saturated rings. The van der Waals surface area contributed by atoms with Gasteiger partial charge in [-0.2, -0.15) is 11.8 Å². The van der Waals surface area contributed by atoms with Gasteiger partial charge in [0.25, 0.3) is 0 Å². The van der Waals surface area contributed by atoms with Crippen molar-refractivity contribution in [1.29, 1.82) is 0 Å². The number of rotatable bonds is 5. The van der Waals surface area contributed by atoms with E-state index in [2.05, 4.69) is 0 Å². The zero-order valence-corrected chi connectivity index (χ0v) is 14.4. The fourth-order valence-corrected chi connectivity index (χ4v) is 5.52. The third kappa shape index (κ3) is 4.60. The molecule has 7 heteroatoms. The summed E-state index contributed by atoms with van der Waals surface area (Å²) in [6.45, 7) is 4.57. The van der Waals surface area contributed by atoms with Crippen LogP contribution in [0.5, 0.6) is 0 Å². The molecule has 0 unspecified atom stereocenters. The van der Waals surface area contributed by atoms with Crippen molar-refractivity contribution in [2.24, 2.45) is 5.92 Å². The van der Waals surface area contributed by atoms with Crippen LogP contribution in [0.1, 0.15) is 32.6 Å². The minimum Gasteiger partial charge on any atom is -0.341 e. The molecular weight excluding hydrogens is 308 g/mol. The average molecular weight is 335 g/mol. The monoisotopic (exact) mass is 334 g/mol. The largest absolute Gasteiger partial charge is 0.341 e. The second-order valence-corrected chi connectivity index (χ2v) is 9.12. The van der Waals surface area contributed by atoms with Gasteiger partial charge in [0.2, 0.25) is 15.9 Å². The van der Waals surface area contributed by atoms with Crippen molar-refractivity contribution in [2.45, 2.75) is 32.6 Å². The Kier molecular flexibility index (Phi) is 6.37. The van der Waals surface area contributed by atoms with Crippen LogP contribution in [0, 0.1) is 5.92 Å². The van der Waals surface area contributed by atoms with E-state index in [0.717, 1.165) is 43.9 Å². The first-order valence-electron chi connectivity index (χ1n) is 7.89. The molecule has 1 atom stereocenters. The number of piperidine rings is 1. The van der Waals surface area contributed by atoms with Crippen molar-refractivity contribution < 1.29 is 13.2 Å². The molecule has 2 aliphatic heterocycles. The van der Waals surface area contributed by atoms with Gasteiger partial charge in [-0.15, -0.1) is 0 Å². The number of thioether (sulfide) groups is 1. The second kappa shape index (κ2) is 7.83. The standard InChI is InChI=1S/C14H26N2O3S2/c1-2-3-11-21(18,19)16-6-4-5-13(12-16)14(17)15-7-9-20-10-8-15/h13H,2-12H2,1H3/t13-/m0/s1. The molecule has 0 aromatic carbocycles. The molecule has 0 bridgehead atoms. The molecule has 5 nitrogen and oxygen atoms in total. The Bertz CT molecular complexity index is 447. The molecule has 122 valence electrons. The van der Waals surface area contributed by atoms with Gasteiger partial charge in [-0.25, -0.2) is 12.7 Å². The Hall–Kier alpha value is -0.270. The number of hydrogen-bond acceptors (Lipinski definition) is 4. The molecule has 0 aromatic heterocycles. The first-order valence-corrected chi connectivity index (χ1v) is 10.7. The number of sulfonamides is 1. The van der Waals surface area contributed by atoms with Crippen molar-refractivity contribution in [3.05, 3.63) is 0 Å². The van der Waals surface area contributed by atoms with E-state index >= 15 is 0 Å². The van der Waals surface area contributed by atoms with E-state index < -0.39 is 10.0 Å². The van der Waals surface area contributed by atoms with E-state index in [1.807, 2.05) is 23.6 Å². The number of unbranched alkanes of at least 4 members (excludes halogenated alkanes) is 1. The van der Waals surface area contributed by atoms with Gasteiger partial charge in [0.1, 0.15) is 0 Å². The molecule has 0 spiro atoms. The maximum Gasteiger partial charge on any atom is 0.227 e. The fraction of sp³-hybridized carbons (Fsp3) is 0.929. The number of carbonyl (C=O) groups is 1. The molecular formula is C14H26N2O3S2. The Labute approximate surface area is 132 Å². The Balaban J connectivity index is 1.95. The number of hydrogen-bond donors (Lipinski definition) is 0. The summed E-state index contributed by atoms with van der Waals surface area (Å²) in [5, 5.41) is 0. The lowest BCUT2D eigenvalue weighted by Gasteiger charge is -2.35. The van der Waals surface area contributed by atoms with E-state index in [-0.39, 0.29) is 17.6 Å². The summed E-state index contributed by atoms with van der Waals surface area (Å²) in [6.07, 6.45) is 3.19. The highest BCUT2D eigenvalue weighted by atomic mass is 32.2. The quantitative estimate of drug-likeness (QED) is 0.763. The summed E-state index contributed by atoms with van der Waals surface area (Å²) in [5.41, 5.74) is 0. The lowest BCUT2D eigenvalue weighted by atomic mass is 9.98. The Morgan fingerprint density at radius 3 is 2.62 bits per heavy atom. The van der Waals surface area contributed by atoms with Gasteiger partial charge in [-0.1, -0.05) is 13.3 Å². The van der Waals surface area contributed by atoms with Crippen molar-refractivity contribution in [3.63, 3.8) is 0 Å². The van der Waals surface area contributed by atoms with Crippen LogP contribution >= 0.6 is 11.8 Å². The number of nitrogens with zero attached hydrogens (tertiary/aromatic N) is 2. The topological polar surface area (TPSA) is 57.7 Å². The van der Waals surface area contributed by atoms with Crippen molar-refractivity contribution in [3.8, 4) is 0 Å². The molecule has 1 amide bonds. The number of carbonyl (C=O) groups excluding carboxylic acids is 1. The van der Waals surface area contributed by atoms with Gasteiger partial charge in [0.05, 0.1) is 11.7 Å². The van der Waals surface area contributed by atoms with Crippen LogP contribution in [0.25, 0.3) is 0 Å². The van der Waals surface area contributed by atoms with Crippen molar-refractivity contribution >= 4 is 27.7 Å². The first-order chi connectivity index (χ1) is 10.0. The minimum atomic E-state index is -3.18. The molecule has 21 heavy (non-hydrogen) atoms. The molecule has 0 radical (unpaired) electrons. The Morgan fingerprint density at radius 1 is 1.24 bits per heavy atom. The third-order valence-corrected chi connectivity index (χ3v) is 7.07. The molecule has 2 saturated heterocycles. The first kappa shape index (κ1) is 17.1. The van der Waals surface area contributed by atoms with Gasteiger partial charge in [0, 0.05) is 37.7 Å². The average Bonchev–Trinajstić information content (AvgIpc) is 2.53. The smallest absolute Gasteiger partial charge is 0.227 e. The SMILES string of the molecule is CCCCS(=O)(=O)N1CCC[C@H](C(=O)N2CCSCC2)C1. The van der Waals surface area contributed by atoms with Gasteiger partial charge in [-0.3, -0.25) is 4.79 Å². The van der Waals surface area contributed by atoms with Crippen LogP contribution in [0.3, 0.4) is 0 Å². The van der Waals surface area contributed by atoms with Crippen LogP contribution in [0.2, 0.25) is 0 Å². The maximum absolute atomic E-state index is 12.5. The van der Waals surface area contributed by atoms with E-state index in [4.69, 9.17) is 0 Å². The highest BCUT2D eigenvalue weighted by Crippen LogP contribution is 2.23. The van der Waals surface area contributed by atoms with E-state index in [9.17, 15) is 13.2 Å². The van der Waals surface area contributed by atoms with E-state index in [1.165, 1.54) is 0 Å². The van der Waals surface area contributed by atoms with Gasteiger partial charge < -0.3 is 4.90 Å². The molecule has 2 rings (SSSR count). The van der Waals surface area contributed by atoms with Crippen LogP contribution < -0.4 is 0 Å². The molecule has 0 saturated carbocycles. The maximum atomic E-state index is 12.5. The lowest BCUT2D eigenvalue weighted by Crippen LogP contribution is -2.49. The molecule has 0 aliphatic carbocycles. The summed E-state index contributed by atoms with van der Waals surface area (Å²) >= 11 is 1.88. The molecule has 0 N–H and O–H groups in total. The van der Waals surface area contributed by atoms with Gasteiger partial charge in [0.15, 0.2) is 0 Å². The van der Waals surface area contributed by atoms with Gasteiger partial charge >= 0.3 is 0 Å². The van der Waals surface area contributed by atoms with Gasteiger partial charge in [-0.05, 0) is 19.3 Å². The van der Waals surface area contributed by atoms with Crippen molar-refractivity contribution in [2.75, 3.05) is 43.4 Å². The van der Waals surface area contributed by atoms with Crippen LogP contribution in [-0.2, 0) is 14.8 Å². The van der Waals surface area contributed by atoms with E-state index in [0.29, 0.717) is 19.5 Å². The highest BCUT2D eigenvalue weighted by molar-refractivity contribution is 7.99. The second-order valence-electron chi connectivity index (χ2n) is 5.80. The molecule has 0 aromatic rings. The summed E-state index contributed by atoms with van der Waals surface area (Å²) < 4.78 is 26.1. The van der Waals surface area contributed by atoms with Crippen LogP contribution in [-0.4, -0.2) is 67.0 Å². The highest BCUT2D eigenvalue weighted by Gasteiger charge is 2.34. The summed E-state index contributed by atoms with van der Waals surface area (Å²) in [7, 11) is -3.18. The van der Waals surface area contributed by atoms with Crippen LogP contribution in [0.4, 0.5) is 0 Å². The predicted molar refractivity (Wildman–Crippen MR) is 86.9 cm³/mol. The van der Waals surface area contributed by atoms with Crippen molar-refractivity contribution in [1.82, 2.24) is 9.21 Å². The normalized spacial score (nSPS) is 25.0. The number of amides is 1. The van der Waals surface area contributed by atoms with E-state index in [1.54, 1.807) is 4.31 Å². The fourth-order valence-electron chi connectivity index (χ4n) is 2.89. The zero-order chi connectivity index (χ0) is 15.3. The molecule has 2 heterocycles. The summed E-state index contributed by atoms with van der Waals surface area (Å²) in [5.74, 6) is 2.22. The third-order valence-electron chi connectivity index (χ3n) is 4.21. The minimum absolute atomic E-state index is 0.141. The summed E-state index contributed by atoms with van der Waals surface area (Å²) in [4.78, 5) is 14.5.